The average Bonchev–Trinajstić information content (AvgIpc) is 2.78. The first-order valence-corrected chi connectivity index (χ1v) is 7.19. The number of hydrogen-bond acceptors (Lipinski definition) is 2. The molecule has 104 valence electrons. The van der Waals surface area contributed by atoms with Crippen molar-refractivity contribution in [2.24, 2.45) is 5.92 Å². The van der Waals surface area contributed by atoms with Crippen molar-refractivity contribution in [3.8, 4) is 0 Å². The molecule has 2 N–H and O–H groups in total. The maximum absolute atomic E-state index is 8.79. The van der Waals surface area contributed by atoms with Crippen LogP contribution in [0.25, 0.3) is 0 Å². The Balaban J connectivity index is 2.57. The van der Waals surface area contributed by atoms with Crippen molar-refractivity contribution in [3.63, 3.8) is 0 Å². The zero-order valence-electron chi connectivity index (χ0n) is 12.0. The van der Waals surface area contributed by atoms with E-state index in [0.717, 1.165) is 25.9 Å². The quantitative estimate of drug-likeness (QED) is 0.663. The van der Waals surface area contributed by atoms with Crippen LogP contribution in [0.15, 0.2) is 18.5 Å². The predicted octanol–water partition coefficient (Wildman–Crippen LogP) is 2.96. The van der Waals surface area contributed by atoms with Crippen molar-refractivity contribution in [2.75, 3.05) is 13.2 Å². The fourth-order valence-electron chi connectivity index (χ4n) is 2.23. The van der Waals surface area contributed by atoms with Gasteiger partial charge in [-0.1, -0.05) is 20.8 Å². The summed E-state index contributed by atoms with van der Waals surface area (Å²) in [5.74, 6) is 0.602. The highest BCUT2D eigenvalue weighted by atomic mass is 16.2. The third-order valence-corrected chi connectivity index (χ3v) is 3.24. The Morgan fingerprint density at radius 1 is 1.33 bits per heavy atom. The smallest absolute Gasteiger partial charge is 0.0431 e. The first kappa shape index (κ1) is 15.3. The second-order valence-corrected chi connectivity index (χ2v) is 5.29. The molecule has 0 radical (unpaired) electrons. The van der Waals surface area contributed by atoms with Crippen LogP contribution in [0.2, 0.25) is 0 Å². The number of aliphatic hydroxyl groups excluding tert-OH is 1. The number of aryl methyl sites for hydroxylation is 1. The summed E-state index contributed by atoms with van der Waals surface area (Å²) < 4.78 is 2.23. The molecule has 1 rings (SSSR count). The van der Waals surface area contributed by atoms with Crippen molar-refractivity contribution in [1.29, 1.82) is 0 Å². The highest BCUT2D eigenvalue weighted by Crippen LogP contribution is 2.22. The average molecular weight is 252 g/mol. The monoisotopic (exact) mass is 252 g/mol. The van der Waals surface area contributed by atoms with Gasteiger partial charge < -0.3 is 15.0 Å². The van der Waals surface area contributed by atoms with E-state index in [4.69, 9.17) is 5.11 Å². The van der Waals surface area contributed by atoms with Crippen LogP contribution in [0.3, 0.4) is 0 Å². The number of aromatic nitrogens is 1. The number of nitrogens with zero attached hydrogens (tertiary/aromatic N) is 1. The van der Waals surface area contributed by atoms with E-state index in [2.05, 4.69) is 49.1 Å². The molecule has 0 fully saturated rings. The molecule has 1 heterocycles. The van der Waals surface area contributed by atoms with Crippen molar-refractivity contribution in [3.05, 3.63) is 24.0 Å². The summed E-state index contributed by atoms with van der Waals surface area (Å²) >= 11 is 0. The second-order valence-electron chi connectivity index (χ2n) is 5.29. The van der Waals surface area contributed by atoms with Crippen LogP contribution in [0.1, 0.15) is 51.6 Å². The van der Waals surface area contributed by atoms with Gasteiger partial charge in [0.05, 0.1) is 0 Å². The van der Waals surface area contributed by atoms with Gasteiger partial charge in [0.1, 0.15) is 0 Å². The molecule has 0 aliphatic heterocycles. The van der Waals surface area contributed by atoms with Gasteiger partial charge in [0.25, 0.3) is 0 Å². The molecule has 1 atom stereocenters. The number of unbranched alkanes of at least 4 members (excludes halogenated alkanes) is 1. The SMILES string of the molecule is CCCNC(c1ccn(CCCCO)c1)C(C)C. The Hall–Kier alpha value is -0.800. The molecule has 0 aromatic carbocycles. The van der Waals surface area contributed by atoms with E-state index in [9.17, 15) is 0 Å². The molecule has 3 heteroatoms. The summed E-state index contributed by atoms with van der Waals surface area (Å²) in [6.07, 6.45) is 7.48. The van der Waals surface area contributed by atoms with E-state index in [0.29, 0.717) is 18.6 Å². The summed E-state index contributed by atoms with van der Waals surface area (Å²) in [4.78, 5) is 0. The molecule has 0 amide bonds. The van der Waals surface area contributed by atoms with Gasteiger partial charge in [-0.25, -0.2) is 0 Å². The normalized spacial score (nSPS) is 13.2. The fraction of sp³-hybridized carbons (Fsp3) is 0.733. The van der Waals surface area contributed by atoms with Gasteiger partial charge in [-0.15, -0.1) is 0 Å². The minimum atomic E-state index is 0.292. The first-order chi connectivity index (χ1) is 8.69. The van der Waals surface area contributed by atoms with Crippen LogP contribution < -0.4 is 5.32 Å². The van der Waals surface area contributed by atoms with Crippen LogP contribution in [0.5, 0.6) is 0 Å². The number of aliphatic hydroxyl groups is 1. The maximum Gasteiger partial charge on any atom is 0.0431 e. The van der Waals surface area contributed by atoms with E-state index < -0.39 is 0 Å². The summed E-state index contributed by atoms with van der Waals surface area (Å²) in [5.41, 5.74) is 1.38. The van der Waals surface area contributed by atoms with Crippen LogP contribution in [0, 0.1) is 5.92 Å². The lowest BCUT2D eigenvalue weighted by Gasteiger charge is -2.21. The van der Waals surface area contributed by atoms with E-state index in [1.165, 1.54) is 12.0 Å². The molecule has 1 unspecified atom stereocenters. The maximum atomic E-state index is 8.79. The van der Waals surface area contributed by atoms with Gasteiger partial charge in [0, 0.05) is 31.6 Å². The molecule has 0 aliphatic rings. The lowest BCUT2D eigenvalue weighted by molar-refractivity contribution is 0.281. The summed E-state index contributed by atoms with van der Waals surface area (Å²) in [6, 6.07) is 2.66. The third-order valence-electron chi connectivity index (χ3n) is 3.24. The minimum absolute atomic E-state index is 0.292. The molecule has 3 nitrogen and oxygen atoms in total. The Morgan fingerprint density at radius 3 is 2.72 bits per heavy atom. The van der Waals surface area contributed by atoms with Gasteiger partial charge in [-0.3, -0.25) is 0 Å². The molecule has 0 saturated carbocycles. The van der Waals surface area contributed by atoms with E-state index in [-0.39, 0.29) is 0 Å². The standard InChI is InChI=1S/C15H28N2O/c1-4-8-16-15(13(2)3)14-7-10-17(12-14)9-5-6-11-18/h7,10,12-13,15-16,18H,4-6,8-9,11H2,1-3H3. The zero-order valence-corrected chi connectivity index (χ0v) is 12.0. The summed E-state index contributed by atoms with van der Waals surface area (Å²) in [6.45, 7) is 9.08. The van der Waals surface area contributed by atoms with E-state index in [1.807, 2.05) is 0 Å². The largest absolute Gasteiger partial charge is 0.396 e. The highest BCUT2D eigenvalue weighted by molar-refractivity contribution is 5.16. The van der Waals surface area contributed by atoms with Crippen molar-refractivity contribution in [1.82, 2.24) is 9.88 Å². The molecule has 0 spiro atoms. The molecule has 18 heavy (non-hydrogen) atoms. The second kappa shape index (κ2) is 8.33. The summed E-state index contributed by atoms with van der Waals surface area (Å²) in [7, 11) is 0. The van der Waals surface area contributed by atoms with Gasteiger partial charge in [0.2, 0.25) is 0 Å². The Kier molecular flexibility index (Phi) is 7.06. The topological polar surface area (TPSA) is 37.2 Å². The predicted molar refractivity (Wildman–Crippen MR) is 76.6 cm³/mol. The van der Waals surface area contributed by atoms with Crippen LogP contribution in [-0.2, 0) is 6.54 Å². The first-order valence-electron chi connectivity index (χ1n) is 7.19. The highest BCUT2D eigenvalue weighted by Gasteiger charge is 2.15. The lowest BCUT2D eigenvalue weighted by Crippen LogP contribution is -2.26. The summed E-state index contributed by atoms with van der Waals surface area (Å²) in [5, 5.41) is 12.4. The Bertz CT molecular complexity index is 320. The third kappa shape index (κ3) is 4.83. The molecular weight excluding hydrogens is 224 g/mol. The minimum Gasteiger partial charge on any atom is -0.396 e. The number of nitrogens with one attached hydrogen (secondary N) is 1. The molecule has 1 aromatic heterocycles. The van der Waals surface area contributed by atoms with E-state index >= 15 is 0 Å². The van der Waals surface area contributed by atoms with Crippen LogP contribution in [-0.4, -0.2) is 22.8 Å². The van der Waals surface area contributed by atoms with Crippen LogP contribution in [0.4, 0.5) is 0 Å². The molecule has 0 aliphatic carbocycles. The van der Waals surface area contributed by atoms with Crippen molar-refractivity contribution >= 4 is 0 Å². The Labute approximate surface area is 111 Å². The van der Waals surface area contributed by atoms with Gasteiger partial charge in [0.15, 0.2) is 0 Å². The molecule has 0 bridgehead atoms. The fourth-order valence-corrected chi connectivity index (χ4v) is 2.23. The molecule has 1 aromatic rings. The molecule has 0 saturated heterocycles. The lowest BCUT2D eigenvalue weighted by atomic mass is 9.98. The van der Waals surface area contributed by atoms with Gasteiger partial charge >= 0.3 is 0 Å². The number of hydrogen-bond donors (Lipinski definition) is 2. The Morgan fingerprint density at radius 2 is 2.11 bits per heavy atom. The van der Waals surface area contributed by atoms with Crippen molar-refractivity contribution < 1.29 is 5.11 Å². The number of rotatable bonds is 9. The zero-order chi connectivity index (χ0) is 13.4. The van der Waals surface area contributed by atoms with E-state index in [1.54, 1.807) is 0 Å². The van der Waals surface area contributed by atoms with Gasteiger partial charge in [-0.2, -0.15) is 0 Å². The van der Waals surface area contributed by atoms with Gasteiger partial charge in [-0.05, 0) is 43.4 Å². The van der Waals surface area contributed by atoms with Crippen molar-refractivity contribution in [2.45, 2.75) is 52.6 Å². The molecular formula is C15H28N2O. The van der Waals surface area contributed by atoms with Crippen LogP contribution >= 0.6 is 0 Å².